The Hall–Kier alpha value is -3.59. The molecule has 1 fully saturated rings. The predicted octanol–water partition coefficient (Wildman–Crippen LogP) is 7.72. The van der Waals surface area contributed by atoms with Crippen molar-refractivity contribution in [2.75, 3.05) is 23.7 Å². The Morgan fingerprint density at radius 3 is 2.40 bits per heavy atom. The topological polar surface area (TPSA) is 123 Å². The van der Waals surface area contributed by atoms with Gasteiger partial charge in [0.15, 0.2) is 12.0 Å². The number of anilines is 3. The van der Waals surface area contributed by atoms with Gasteiger partial charge in [0.1, 0.15) is 22.5 Å². The van der Waals surface area contributed by atoms with Gasteiger partial charge in [0.05, 0.1) is 43.5 Å². The molecule has 0 spiro atoms. The lowest BCUT2D eigenvalue weighted by molar-refractivity contribution is -0.132. The number of carbonyl (C=O) groups excluding carboxylic acids is 1. The number of rotatable bonds is 5. The molecule has 9 nitrogen and oxygen atoms in total. The molecule has 3 atom stereocenters. The number of amides is 1. The zero-order valence-corrected chi connectivity index (χ0v) is 29.3. The fourth-order valence-corrected chi connectivity index (χ4v) is 7.38. The minimum Gasteiger partial charge on any atom is -0.397 e. The Kier molecular flexibility index (Phi) is 9.71. The minimum atomic E-state index is -1.52. The number of fused-ring (bicyclic) bond motifs is 1. The Bertz CT molecular complexity index is 1850. The first-order valence-electron chi connectivity index (χ1n) is 14.7. The molecule has 2 aliphatic rings. The second-order valence-corrected chi connectivity index (χ2v) is 13.5. The van der Waals surface area contributed by atoms with Crippen molar-refractivity contribution < 1.29 is 14.3 Å². The van der Waals surface area contributed by atoms with Gasteiger partial charge in [-0.2, -0.15) is 5.26 Å². The molecule has 47 heavy (non-hydrogen) atoms. The lowest BCUT2D eigenvalue weighted by atomic mass is 9.94. The molecule has 0 bridgehead atoms. The Morgan fingerprint density at radius 2 is 1.83 bits per heavy atom. The number of nitrogen functional groups attached to an aromatic ring is 1. The van der Waals surface area contributed by atoms with E-state index in [-0.39, 0.29) is 62.3 Å². The van der Waals surface area contributed by atoms with E-state index >= 15 is 0 Å². The molecule has 4 heterocycles. The maximum atomic E-state index is 14.7. The van der Waals surface area contributed by atoms with Crippen LogP contribution in [0, 0.1) is 24.1 Å². The number of hydrogen-bond acceptors (Lipinski definition) is 8. The summed E-state index contributed by atoms with van der Waals surface area (Å²) >= 11 is 25.9. The van der Waals surface area contributed by atoms with Gasteiger partial charge in [-0.3, -0.25) is 14.7 Å². The highest BCUT2D eigenvalue weighted by atomic mass is 35.5. The number of nitrogens with two attached hydrogens (primary N) is 1. The highest BCUT2D eigenvalue weighted by molar-refractivity contribution is 6.47. The van der Waals surface area contributed by atoms with E-state index in [9.17, 15) is 19.6 Å². The van der Waals surface area contributed by atoms with Gasteiger partial charge < -0.3 is 20.6 Å². The van der Waals surface area contributed by atoms with Crippen LogP contribution in [0.2, 0.25) is 20.1 Å². The van der Waals surface area contributed by atoms with Crippen LogP contribution in [0.5, 0.6) is 0 Å². The number of aryl methyl sites for hydroxylation is 1. The highest BCUT2D eigenvalue weighted by Crippen LogP contribution is 2.51. The SMILES string of the molecule is C=CC(=O)N1[C@H](C)CN(C2=C(C#N)C(O)N(c3c(C)ccnc3C(C)C)c3nc(-c4c(N)c(Cl)c(F)c(Cl)c4Cl)c(Cl)cc32)C[C@@H]1C. The number of nitriles is 1. The summed E-state index contributed by atoms with van der Waals surface area (Å²) in [6.45, 7) is 13.9. The van der Waals surface area contributed by atoms with E-state index in [0.29, 0.717) is 35.7 Å². The molecule has 2 aromatic heterocycles. The molecule has 0 aliphatic carbocycles. The number of pyridine rings is 2. The van der Waals surface area contributed by atoms with Crippen molar-refractivity contribution >= 4 is 75.2 Å². The second-order valence-electron chi connectivity index (χ2n) is 11.9. The summed E-state index contributed by atoms with van der Waals surface area (Å²) in [6, 6.07) is 5.09. The molecule has 5 rings (SSSR count). The maximum Gasteiger partial charge on any atom is 0.246 e. The first-order valence-corrected chi connectivity index (χ1v) is 16.3. The molecule has 3 N–H and O–H groups in total. The monoisotopic (exact) mass is 717 g/mol. The smallest absolute Gasteiger partial charge is 0.246 e. The van der Waals surface area contributed by atoms with E-state index in [1.54, 1.807) is 23.2 Å². The third-order valence-electron chi connectivity index (χ3n) is 8.46. The summed E-state index contributed by atoms with van der Waals surface area (Å²) in [5.74, 6) is -1.07. The average Bonchev–Trinajstić information content (AvgIpc) is 3.02. The molecule has 0 saturated carbocycles. The van der Waals surface area contributed by atoms with Crippen LogP contribution in [0.1, 0.15) is 50.4 Å². The maximum absolute atomic E-state index is 14.7. The van der Waals surface area contributed by atoms with Gasteiger partial charge in [0, 0.05) is 42.5 Å². The number of carbonyl (C=O) groups is 1. The molecular weight excluding hydrogens is 687 g/mol. The number of aliphatic hydroxyl groups is 1. The minimum absolute atomic E-state index is 0.00713. The third-order valence-corrected chi connectivity index (χ3v) is 9.95. The van der Waals surface area contributed by atoms with Crippen molar-refractivity contribution in [2.24, 2.45) is 0 Å². The van der Waals surface area contributed by atoms with Crippen molar-refractivity contribution in [1.29, 1.82) is 5.26 Å². The molecule has 246 valence electrons. The number of aliphatic hydroxyl groups excluding tert-OH is 1. The van der Waals surface area contributed by atoms with Crippen molar-refractivity contribution in [1.82, 2.24) is 19.8 Å². The summed E-state index contributed by atoms with van der Waals surface area (Å²) in [4.78, 5) is 27.4. The summed E-state index contributed by atoms with van der Waals surface area (Å²) in [6.07, 6.45) is 1.43. The lowest BCUT2D eigenvalue weighted by Crippen LogP contribution is -2.58. The van der Waals surface area contributed by atoms with E-state index in [2.05, 4.69) is 17.6 Å². The number of benzene rings is 1. The predicted molar refractivity (Wildman–Crippen MR) is 185 cm³/mol. The van der Waals surface area contributed by atoms with E-state index in [1.807, 2.05) is 39.5 Å². The van der Waals surface area contributed by atoms with Gasteiger partial charge >= 0.3 is 0 Å². The summed E-state index contributed by atoms with van der Waals surface area (Å²) in [7, 11) is 0. The number of hydrogen-bond donors (Lipinski definition) is 2. The third kappa shape index (κ3) is 5.68. The largest absolute Gasteiger partial charge is 0.397 e. The van der Waals surface area contributed by atoms with Crippen LogP contribution in [0.15, 0.2) is 36.6 Å². The number of piperazine rings is 1. The zero-order valence-electron chi connectivity index (χ0n) is 26.2. The van der Waals surface area contributed by atoms with Crippen molar-refractivity contribution in [3.8, 4) is 17.3 Å². The molecular formula is C33H32Cl4FN7O2. The Labute approximate surface area is 292 Å². The fourth-order valence-electron chi connectivity index (χ4n) is 6.44. The molecule has 0 radical (unpaired) electrons. The number of nitrogens with zero attached hydrogens (tertiary/aromatic N) is 6. The molecule has 2 aliphatic heterocycles. The van der Waals surface area contributed by atoms with Crippen LogP contribution in [0.3, 0.4) is 0 Å². The van der Waals surface area contributed by atoms with Crippen molar-refractivity contribution in [2.45, 2.75) is 58.8 Å². The molecule has 1 unspecified atom stereocenters. The van der Waals surface area contributed by atoms with E-state index in [0.717, 1.165) is 5.56 Å². The van der Waals surface area contributed by atoms with E-state index in [1.165, 1.54) is 11.0 Å². The molecule has 1 saturated heterocycles. The van der Waals surface area contributed by atoms with Crippen LogP contribution >= 0.6 is 46.4 Å². The normalized spacial score (nSPS) is 19.6. The van der Waals surface area contributed by atoms with Gasteiger partial charge in [0.25, 0.3) is 0 Å². The summed E-state index contributed by atoms with van der Waals surface area (Å²) in [5.41, 5.74) is 8.92. The van der Waals surface area contributed by atoms with Crippen LogP contribution < -0.4 is 10.6 Å². The quantitative estimate of drug-likeness (QED) is 0.119. The second kappa shape index (κ2) is 13.1. The van der Waals surface area contributed by atoms with Crippen molar-refractivity contribution in [3.05, 3.63) is 79.3 Å². The molecule has 1 amide bonds. The number of aromatic nitrogens is 2. The fraction of sp³-hybridized carbons (Fsp3) is 0.333. The van der Waals surface area contributed by atoms with Crippen LogP contribution in [0.4, 0.5) is 21.6 Å². The average molecular weight is 719 g/mol. The highest BCUT2D eigenvalue weighted by Gasteiger charge is 2.42. The Morgan fingerprint density at radius 1 is 1.19 bits per heavy atom. The summed E-state index contributed by atoms with van der Waals surface area (Å²) in [5, 5.41) is 21.6. The van der Waals surface area contributed by atoms with Gasteiger partial charge in [-0.1, -0.05) is 66.8 Å². The molecule has 3 aromatic rings. The van der Waals surface area contributed by atoms with Crippen molar-refractivity contribution in [3.63, 3.8) is 0 Å². The first kappa shape index (κ1) is 34.7. The summed E-state index contributed by atoms with van der Waals surface area (Å²) < 4.78 is 14.7. The van der Waals surface area contributed by atoms with Gasteiger partial charge in [0.2, 0.25) is 5.91 Å². The first-order chi connectivity index (χ1) is 22.2. The Balaban J connectivity index is 1.84. The van der Waals surface area contributed by atoms with Gasteiger partial charge in [-0.25, -0.2) is 9.37 Å². The van der Waals surface area contributed by atoms with E-state index in [4.69, 9.17) is 57.1 Å². The zero-order chi connectivity index (χ0) is 34.6. The van der Waals surface area contributed by atoms with Gasteiger partial charge in [-0.05, 0) is 50.5 Å². The standard InChI is InChI=1S/C33H32Cl4FN7O2/c1-7-21(46)44-16(5)12-43(13-17(44)6)31-18-10-20(34)29(22-23(35)24(36)26(38)25(37)27(22)40)42-32(18)45(33(47)19(31)11-39)30-15(4)8-9-41-28(30)14(2)3/h7-10,14,16-17,33,47H,1,12-13,40H2,2-6H3/t16-,17+,33?. The lowest BCUT2D eigenvalue weighted by Gasteiger charge is -2.48. The molecule has 14 heteroatoms. The van der Waals surface area contributed by atoms with Crippen LogP contribution in [-0.4, -0.2) is 62.2 Å². The molecule has 1 aromatic carbocycles. The number of halogens is 5. The van der Waals surface area contributed by atoms with Crippen LogP contribution in [0.25, 0.3) is 17.0 Å². The van der Waals surface area contributed by atoms with Crippen LogP contribution in [-0.2, 0) is 4.79 Å². The van der Waals surface area contributed by atoms with Gasteiger partial charge in [-0.15, -0.1) is 0 Å². The van der Waals surface area contributed by atoms with E-state index < -0.39 is 22.1 Å².